The van der Waals surface area contributed by atoms with Gasteiger partial charge < -0.3 is 10.4 Å². The van der Waals surface area contributed by atoms with Gasteiger partial charge in [-0.05, 0) is 31.5 Å². The molecule has 17 heavy (non-hydrogen) atoms. The fraction of sp³-hybridized carbons (Fsp3) is 0.364. The zero-order valence-corrected chi connectivity index (χ0v) is 10.5. The molecule has 0 radical (unpaired) electrons. The second kappa shape index (κ2) is 5.12. The summed E-state index contributed by atoms with van der Waals surface area (Å²) >= 11 is 11.3. The van der Waals surface area contributed by atoms with Crippen LogP contribution in [0.3, 0.4) is 0 Å². The van der Waals surface area contributed by atoms with Crippen LogP contribution in [0.4, 0.5) is 5.69 Å². The maximum Gasteiger partial charge on any atom is 0.182 e. The minimum atomic E-state index is -0.219. The average molecular weight is 275 g/mol. The van der Waals surface area contributed by atoms with E-state index in [1.54, 1.807) is 12.1 Å². The summed E-state index contributed by atoms with van der Waals surface area (Å²) in [5.41, 5.74) is 0.462. The van der Waals surface area contributed by atoms with Crippen LogP contribution in [-0.4, -0.2) is 23.5 Å². The Morgan fingerprint density at radius 2 is 2.24 bits per heavy atom. The molecule has 1 fully saturated rings. The second-order valence-electron chi connectivity index (χ2n) is 3.92. The average Bonchev–Trinajstić information content (AvgIpc) is 2.80. The number of phenols is 1. The van der Waals surface area contributed by atoms with E-state index in [0.717, 1.165) is 23.3 Å². The minimum absolute atomic E-state index is 0.0975. The first kappa shape index (κ1) is 12.5. The van der Waals surface area contributed by atoms with E-state index >= 15 is 0 Å². The molecule has 1 atom stereocenters. The molecule has 92 valence electrons. The van der Waals surface area contributed by atoms with E-state index in [4.69, 9.17) is 23.6 Å². The second-order valence-corrected chi connectivity index (χ2v) is 4.77. The Balaban J connectivity index is 2.37. The first-order valence-electron chi connectivity index (χ1n) is 5.32. The van der Waals surface area contributed by atoms with Crippen LogP contribution in [0.1, 0.15) is 23.2 Å². The van der Waals surface area contributed by atoms with Gasteiger partial charge in [-0.15, -0.1) is 0 Å². The van der Waals surface area contributed by atoms with Crippen LogP contribution >= 0.6 is 23.6 Å². The normalized spacial score (nSPS) is 19.3. The van der Waals surface area contributed by atoms with Gasteiger partial charge in [0.25, 0.3) is 0 Å². The summed E-state index contributed by atoms with van der Waals surface area (Å²) < 4.78 is 0.720. The smallest absolute Gasteiger partial charge is 0.182 e. The van der Waals surface area contributed by atoms with Crippen molar-refractivity contribution in [3.8, 4) is 5.75 Å². The Bertz CT molecular complexity index is 431. The van der Waals surface area contributed by atoms with E-state index in [-0.39, 0.29) is 23.3 Å². The van der Waals surface area contributed by atoms with E-state index in [1.165, 1.54) is 6.07 Å². The Hall–Kier alpha value is -0.970. The van der Waals surface area contributed by atoms with Gasteiger partial charge in [0.05, 0.1) is 6.04 Å². The highest BCUT2D eigenvalue weighted by Crippen LogP contribution is 2.35. The molecule has 0 saturated carbocycles. The highest BCUT2D eigenvalue weighted by molar-refractivity contribution is 6.50. The lowest BCUT2D eigenvalue weighted by molar-refractivity contribution is 0.0952. The maximum absolute atomic E-state index is 12.2. The van der Waals surface area contributed by atoms with Crippen molar-refractivity contribution in [2.24, 2.45) is 0 Å². The monoisotopic (exact) mass is 274 g/mol. The molecule has 2 rings (SSSR count). The molecular weight excluding hydrogens is 263 g/mol. The number of anilines is 1. The van der Waals surface area contributed by atoms with Crippen molar-refractivity contribution in [2.75, 3.05) is 10.5 Å². The predicted octanol–water partition coefficient (Wildman–Crippen LogP) is 2.44. The van der Waals surface area contributed by atoms with Gasteiger partial charge in [-0.25, -0.2) is 0 Å². The molecule has 1 aromatic carbocycles. The molecule has 1 saturated heterocycles. The first-order valence-corrected chi connectivity index (χ1v) is 6.00. The fourth-order valence-electron chi connectivity index (χ4n) is 2.00. The van der Waals surface area contributed by atoms with Gasteiger partial charge in [0.2, 0.25) is 0 Å². The number of ketones is 1. The third-order valence-electron chi connectivity index (χ3n) is 2.83. The van der Waals surface area contributed by atoms with Crippen LogP contribution in [0.25, 0.3) is 0 Å². The summed E-state index contributed by atoms with van der Waals surface area (Å²) in [7, 11) is 0. The number of halogens is 2. The number of aromatic hydroxyl groups is 1. The van der Waals surface area contributed by atoms with Gasteiger partial charge in [0, 0.05) is 29.1 Å². The van der Waals surface area contributed by atoms with E-state index in [2.05, 4.69) is 5.32 Å². The van der Waals surface area contributed by atoms with Crippen molar-refractivity contribution in [2.45, 2.75) is 18.9 Å². The van der Waals surface area contributed by atoms with Gasteiger partial charge in [-0.1, -0.05) is 6.07 Å². The third-order valence-corrected chi connectivity index (χ3v) is 3.16. The Labute approximate surface area is 109 Å². The van der Waals surface area contributed by atoms with Crippen LogP contribution in [0, 0.1) is 0 Å². The topological polar surface area (TPSA) is 52.6 Å². The number of rotatable bonds is 3. The summed E-state index contributed by atoms with van der Waals surface area (Å²) in [5.74, 6) is -0.210. The number of Topliss-reactive ketones (excluding diaryl/α,β-unsaturated/α-hetero) is 1. The van der Waals surface area contributed by atoms with Crippen molar-refractivity contribution in [1.82, 2.24) is 5.32 Å². The first-order chi connectivity index (χ1) is 8.11. The van der Waals surface area contributed by atoms with E-state index < -0.39 is 0 Å². The Kier molecular flexibility index (Phi) is 3.76. The summed E-state index contributed by atoms with van der Waals surface area (Å²) in [6, 6.07) is 4.42. The van der Waals surface area contributed by atoms with E-state index in [1.807, 2.05) is 0 Å². The standard InChI is InChI=1S/C11H12Cl2N2O2/c12-15(13)10-7(3-1-5-9(10)16)11(17)8-4-2-6-14-8/h1,3,5,8,14,16H,2,4,6H2. The lowest BCUT2D eigenvalue weighted by Crippen LogP contribution is -2.31. The Morgan fingerprint density at radius 1 is 1.47 bits per heavy atom. The molecular formula is C11H12Cl2N2O2. The van der Waals surface area contributed by atoms with Crippen molar-refractivity contribution in [3.05, 3.63) is 23.8 Å². The third kappa shape index (κ3) is 2.49. The molecule has 1 aliphatic rings. The van der Waals surface area contributed by atoms with Crippen LogP contribution < -0.4 is 9.25 Å². The van der Waals surface area contributed by atoms with Crippen molar-refractivity contribution < 1.29 is 9.90 Å². The SMILES string of the molecule is O=C(c1cccc(O)c1N(Cl)Cl)C1CCCN1. The van der Waals surface area contributed by atoms with Crippen molar-refractivity contribution in [1.29, 1.82) is 0 Å². The van der Waals surface area contributed by atoms with Gasteiger partial charge in [0.15, 0.2) is 5.78 Å². The quantitative estimate of drug-likeness (QED) is 0.657. The molecule has 1 unspecified atom stereocenters. The summed E-state index contributed by atoms with van der Waals surface area (Å²) in [6.07, 6.45) is 1.76. The molecule has 2 N–H and O–H groups in total. The highest BCUT2D eigenvalue weighted by Gasteiger charge is 2.27. The Morgan fingerprint density at radius 3 is 2.82 bits per heavy atom. The lowest BCUT2D eigenvalue weighted by Gasteiger charge is -2.15. The summed E-state index contributed by atoms with van der Waals surface area (Å²) in [6.45, 7) is 0.829. The summed E-state index contributed by atoms with van der Waals surface area (Å²) in [4.78, 5) is 12.2. The summed E-state index contributed by atoms with van der Waals surface area (Å²) in [5, 5.41) is 12.8. The molecule has 4 nitrogen and oxygen atoms in total. The molecule has 6 heteroatoms. The molecule has 0 aromatic heterocycles. The van der Waals surface area contributed by atoms with Crippen LogP contribution in [-0.2, 0) is 0 Å². The number of nitrogens with one attached hydrogen (secondary N) is 1. The highest BCUT2D eigenvalue weighted by atomic mass is 35.5. The van der Waals surface area contributed by atoms with E-state index in [9.17, 15) is 9.90 Å². The van der Waals surface area contributed by atoms with E-state index in [0.29, 0.717) is 5.56 Å². The molecule has 1 heterocycles. The number of carbonyl (C=O) groups is 1. The number of benzene rings is 1. The van der Waals surface area contributed by atoms with Crippen molar-refractivity contribution >= 4 is 35.0 Å². The van der Waals surface area contributed by atoms with Gasteiger partial charge in [-0.3, -0.25) is 4.79 Å². The zero-order chi connectivity index (χ0) is 12.4. The molecule has 0 amide bonds. The molecule has 0 spiro atoms. The van der Waals surface area contributed by atoms with Crippen LogP contribution in [0.5, 0.6) is 5.75 Å². The van der Waals surface area contributed by atoms with Gasteiger partial charge in [-0.2, -0.15) is 3.94 Å². The fourth-order valence-corrected chi connectivity index (χ4v) is 2.36. The molecule has 0 aliphatic carbocycles. The predicted molar refractivity (Wildman–Crippen MR) is 67.6 cm³/mol. The number of hydrogen-bond acceptors (Lipinski definition) is 4. The number of phenolic OH excluding ortho intramolecular Hbond substituents is 1. The number of para-hydroxylation sites is 1. The number of carbonyl (C=O) groups excluding carboxylic acids is 1. The zero-order valence-electron chi connectivity index (χ0n) is 8.99. The number of nitrogens with zero attached hydrogens (tertiary/aromatic N) is 1. The minimum Gasteiger partial charge on any atom is -0.506 e. The molecule has 1 aromatic rings. The van der Waals surface area contributed by atoms with Crippen LogP contribution in [0.2, 0.25) is 0 Å². The molecule has 1 aliphatic heterocycles. The lowest BCUT2D eigenvalue weighted by atomic mass is 10.0. The maximum atomic E-state index is 12.2. The van der Waals surface area contributed by atoms with Crippen molar-refractivity contribution in [3.63, 3.8) is 0 Å². The molecule has 0 bridgehead atoms. The van der Waals surface area contributed by atoms with Crippen LogP contribution in [0.15, 0.2) is 18.2 Å². The van der Waals surface area contributed by atoms with Gasteiger partial charge in [0.1, 0.15) is 11.4 Å². The number of hydrogen-bond donors (Lipinski definition) is 2. The van der Waals surface area contributed by atoms with Gasteiger partial charge >= 0.3 is 0 Å². The largest absolute Gasteiger partial charge is 0.506 e.